The zero-order chi connectivity index (χ0) is 10.5. The molecule has 2 saturated carbocycles. The minimum Gasteiger partial charge on any atom is -0.508 e. The lowest BCUT2D eigenvalue weighted by molar-refractivity contribution is 0.242. The third kappa shape index (κ3) is 1.36. The van der Waals surface area contributed by atoms with Gasteiger partial charge in [0, 0.05) is 11.5 Å². The van der Waals surface area contributed by atoms with Crippen LogP contribution in [0.1, 0.15) is 37.2 Å². The molecule has 0 saturated heterocycles. The molecule has 1 aromatic rings. The van der Waals surface area contributed by atoms with Gasteiger partial charge < -0.3 is 10.8 Å². The molecule has 0 bridgehead atoms. The molecule has 1 aromatic carbocycles. The second kappa shape index (κ2) is 2.99. The summed E-state index contributed by atoms with van der Waals surface area (Å²) in [5.74, 6) is 1.56. The van der Waals surface area contributed by atoms with Crippen LogP contribution in [0.15, 0.2) is 24.3 Å². The molecule has 0 spiro atoms. The standard InChI is InChI=1S/C13H17NO/c14-13(10-4-2-5-10)8-12(13)9-3-1-6-11(15)7-9/h1,3,6-7,10,12,15H,2,4-5,8,14H2. The van der Waals surface area contributed by atoms with Gasteiger partial charge in [-0.3, -0.25) is 0 Å². The molecule has 2 aliphatic carbocycles. The molecule has 2 fully saturated rings. The fraction of sp³-hybridized carbons (Fsp3) is 0.538. The first-order chi connectivity index (χ1) is 7.20. The van der Waals surface area contributed by atoms with E-state index in [9.17, 15) is 5.11 Å². The molecule has 0 amide bonds. The molecule has 0 heterocycles. The summed E-state index contributed by atoms with van der Waals surface area (Å²) in [6, 6.07) is 7.56. The molecule has 2 unspecified atom stereocenters. The Bertz CT molecular complexity index is 386. The van der Waals surface area contributed by atoms with Crippen molar-refractivity contribution < 1.29 is 5.11 Å². The van der Waals surface area contributed by atoms with Gasteiger partial charge in [-0.1, -0.05) is 18.6 Å². The van der Waals surface area contributed by atoms with Gasteiger partial charge in [-0.2, -0.15) is 0 Å². The van der Waals surface area contributed by atoms with E-state index in [1.54, 1.807) is 6.07 Å². The van der Waals surface area contributed by atoms with Crippen molar-refractivity contribution in [2.75, 3.05) is 0 Å². The van der Waals surface area contributed by atoms with Crippen LogP contribution in [0.2, 0.25) is 0 Å². The molecule has 2 heteroatoms. The third-order valence-electron chi connectivity index (χ3n) is 4.18. The summed E-state index contributed by atoms with van der Waals surface area (Å²) in [5.41, 5.74) is 7.66. The van der Waals surface area contributed by atoms with E-state index in [-0.39, 0.29) is 5.54 Å². The average molecular weight is 203 g/mol. The highest BCUT2D eigenvalue weighted by molar-refractivity contribution is 5.38. The fourth-order valence-electron chi connectivity index (χ4n) is 2.86. The van der Waals surface area contributed by atoms with Gasteiger partial charge >= 0.3 is 0 Å². The molecule has 3 N–H and O–H groups in total. The predicted molar refractivity (Wildman–Crippen MR) is 59.7 cm³/mol. The number of hydrogen-bond donors (Lipinski definition) is 2. The first kappa shape index (κ1) is 9.22. The second-order valence-electron chi connectivity index (χ2n) is 5.09. The van der Waals surface area contributed by atoms with Gasteiger partial charge in [0.25, 0.3) is 0 Å². The summed E-state index contributed by atoms with van der Waals surface area (Å²) in [6.45, 7) is 0. The fourth-order valence-corrected chi connectivity index (χ4v) is 2.86. The Labute approximate surface area is 90.1 Å². The molecule has 2 aliphatic rings. The van der Waals surface area contributed by atoms with E-state index < -0.39 is 0 Å². The average Bonchev–Trinajstić information content (AvgIpc) is 2.75. The van der Waals surface area contributed by atoms with Crippen molar-refractivity contribution in [1.82, 2.24) is 0 Å². The largest absolute Gasteiger partial charge is 0.508 e. The zero-order valence-electron chi connectivity index (χ0n) is 8.82. The third-order valence-corrected chi connectivity index (χ3v) is 4.18. The van der Waals surface area contributed by atoms with Crippen molar-refractivity contribution in [3.8, 4) is 5.75 Å². The number of benzene rings is 1. The summed E-state index contributed by atoms with van der Waals surface area (Å²) in [7, 11) is 0. The highest BCUT2D eigenvalue weighted by atomic mass is 16.3. The number of hydrogen-bond acceptors (Lipinski definition) is 2. The van der Waals surface area contributed by atoms with Gasteiger partial charge in [-0.25, -0.2) is 0 Å². The lowest BCUT2D eigenvalue weighted by Crippen LogP contribution is -2.38. The van der Waals surface area contributed by atoms with E-state index >= 15 is 0 Å². The van der Waals surface area contributed by atoms with E-state index in [0.29, 0.717) is 11.7 Å². The van der Waals surface area contributed by atoms with Gasteiger partial charge in [-0.15, -0.1) is 0 Å². The summed E-state index contributed by atoms with van der Waals surface area (Å²) in [6.07, 6.45) is 5.04. The summed E-state index contributed by atoms with van der Waals surface area (Å²) in [4.78, 5) is 0. The van der Waals surface area contributed by atoms with E-state index in [2.05, 4.69) is 6.07 Å². The molecule has 3 rings (SSSR count). The van der Waals surface area contributed by atoms with E-state index in [1.165, 1.54) is 24.8 Å². The quantitative estimate of drug-likeness (QED) is 0.775. The first-order valence-electron chi connectivity index (χ1n) is 5.78. The van der Waals surface area contributed by atoms with Gasteiger partial charge in [-0.05, 0) is 42.9 Å². The number of phenolic OH excluding ortho intramolecular Hbond substituents is 1. The Kier molecular flexibility index (Phi) is 1.84. The van der Waals surface area contributed by atoms with Crippen LogP contribution in [-0.2, 0) is 0 Å². The van der Waals surface area contributed by atoms with Crippen molar-refractivity contribution in [2.24, 2.45) is 11.7 Å². The molecule has 0 aromatic heterocycles. The Balaban J connectivity index is 1.80. The van der Waals surface area contributed by atoms with Crippen LogP contribution in [0.3, 0.4) is 0 Å². The SMILES string of the molecule is NC1(C2CCC2)CC1c1cccc(O)c1. The van der Waals surface area contributed by atoms with Crippen molar-refractivity contribution in [2.45, 2.75) is 37.1 Å². The van der Waals surface area contributed by atoms with E-state index in [4.69, 9.17) is 5.73 Å². The zero-order valence-corrected chi connectivity index (χ0v) is 8.82. The number of nitrogens with two attached hydrogens (primary N) is 1. The molecular formula is C13H17NO. The lowest BCUT2D eigenvalue weighted by atomic mass is 9.77. The molecule has 2 nitrogen and oxygen atoms in total. The number of aromatic hydroxyl groups is 1. The van der Waals surface area contributed by atoms with Crippen molar-refractivity contribution in [1.29, 1.82) is 0 Å². The maximum Gasteiger partial charge on any atom is 0.115 e. The minimum atomic E-state index is 0.0477. The Morgan fingerprint density at radius 1 is 1.33 bits per heavy atom. The molecule has 2 atom stereocenters. The maximum atomic E-state index is 9.43. The van der Waals surface area contributed by atoms with Crippen LogP contribution in [0, 0.1) is 5.92 Å². The summed E-state index contributed by atoms with van der Waals surface area (Å²) >= 11 is 0. The van der Waals surface area contributed by atoms with E-state index in [1.807, 2.05) is 12.1 Å². The Hall–Kier alpha value is -1.02. The normalized spacial score (nSPS) is 34.9. The molecular weight excluding hydrogens is 186 g/mol. The lowest BCUT2D eigenvalue weighted by Gasteiger charge is -2.32. The first-order valence-corrected chi connectivity index (χ1v) is 5.78. The molecule has 80 valence electrons. The van der Waals surface area contributed by atoms with Crippen LogP contribution in [0.25, 0.3) is 0 Å². The monoisotopic (exact) mass is 203 g/mol. The van der Waals surface area contributed by atoms with Crippen molar-refractivity contribution in [3.63, 3.8) is 0 Å². The minimum absolute atomic E-state index is 0.0477. The second-order valence-corrected chi connectivity index (χ2v) is 5.09. The molecule has 15 heavy (non-hydrogen) atoms. The number of rotatable bonds is 2. The Morgan fingerprint density at radius 2 is 2.13 bits per heavy atom. The highest BCUT2D eigenvalue weighted by Crippen LogP contribution is 2.58. The van der Waals surface area contributed by atoms with Crippen molar-refractivity contribution in [3.05, 3.63) is 29.8 Å². The summed E-state index contributed by atoms with van der Waals surface area (Å²) < 4.78 is 0. The Morgan fingerprint density at radius 3 is 2.73 bits per heavy atom. The van der Waals surface area contributed by atoms with E-state index in [0.717, 1.165) is 12.3 Å². The van der Waals surface area contributed by atoms with Crippen LogP contribution in [0.5, 0.6) is 5.75 Å². The van der Waals surface area contributed by atoms with Gasteiger partial charge in [0.1, 0.15) is 5.75 Å². The number of phenols is 1. The van der Waals surface area contributed by atoms with Crippen LogP contribution >= 0.6 is 0 Å². The summed E-state index contributed by atoms with van der Waals surface area (Å²) in [5, 5.41) is 9.43. The smallest absolute Gasteiger partial charge is 0.115 e. The van der Waals surface area contributed by atoms with Crippen LogP contribution in [0.4, 0.5) is 0 Å². The molecule has 0 aliphatic heterocycles. The van der Waals surface area contributed by atoms with Gasteiger partial charge in [0.15, 0.2) is 0 Å². The predicted octanol–water partition coefficient (Wildman–Crippen LogP) is 2.38. The molecule has 0 radical (unpaired) electrons. The van der Waals surface area contributed by atoms with Crippen molar-refractivity contribution >= 4 is 0 Å². The highest BCUT2D eigenvalue weighted by Gasteiger charge is 2.57. The van der Waals surface area contributed by atoms with Gasteiger partial charge in [0.2, 0.25) is 0 Å². The maximum absolute atomic E-state index is 9.43. The van der Waals surface area contributed by atoms with Gasteiger partial charge in [0.05, 0.1) is 0 Å². The van der Waals surface area contributed by atoms with Crippen LogP contribution in [-0.4, -0.2) is 10.6 Å². The topological polar surface area (TPSA) is 46.2 Å². The van der Waals surface area contributed by atoms with Crippen LogP contribution < -0.4 is 5.73 Å².